The van der Waals surface area contributed by atoms with Gasteiger partial charge in [-0.25, -0.2) is 0 Å². The second kappa shape index (κ2) is 6.26. The van der Waals surface area contributed by atoms with Gasteiger partial charge in [0.15, 0.2) is 0 Å². The minimum Gasteiger partial charge on any atom is -0.307 e. The Hall–Kier alpha value is 0.120. The first kappa shape index (κ1) is 15.5. The molecule has 2 heterocycles. The highest BCUT2D eigenvalue weighted by atomic mass is 79.9. The minimum absolute atomic E-state index is 0.0324. The highest BCUT2D eigenvalue weighted by molar-refractivity contribution is 9.13. The fourth-order valence-corrected chi connectivity index (χ4v) is 4.39. The Balaban J connectivity index is 2.50. The standard InChI is InChI=1S/C12H14Br2ClN3S/c1-6(2)18-11(8(15)5-17-18)10(16-3)9-4-7(13)12(14)19-9/h4-6,10,16H,1-3H3. The SMILES string of the molecule is CNC(c1cc(Br)c(Br)s1)c1c(Cl)cnn1C(C)C. The average molecular weight is 428 g/mol. The molecule has 1 unspecified atom stereocenters. The van der Waals surface area contributed by atoms with Crippen LogP contribution in [0, 0.1) is 0 Å². The van der Waals surface area contributed by atoms with Gasteiger partial charge in [-0.3, -0.25) is 4.68 Å². The lowest BCUT2D eigenvalue weighted by atomic mass is 10.1. The van der Waals surface area contributed by atoms with E-state index in [-0.39, 0.29) is 12.1 Å². The molecule has 2 rings (SSSR count). The smallest absolute Gasteiger partial charge is 0.0855 e. The largest absolute Gasteiger partial charge is 0.307 e. The van der Waals surface area contributed by atoms with Gasteiger partial charge in [0.25, 0.3) is 0 Å². The number of nitrogens with zero attached hydrogens (tertiary/aromatic N) is 2. The molecular formula is C12H14Br2ClN3S. The molecule has 0 fully saturated rings. The lowest BCUT2D eigenvalue weighted by molar-refractivity contribution is 0.486. The average Bonchev–Trinajstić information content (AvgIpc) is 2.86. The number of hydrogen-bond acceptors (Lipinski definition) is 3. The van der Waals surface area contributed by atoms with Gasteiger partial charge < -0.3 is 5.32 Å². The van der Waals surface area contributed by atoms with Gasteiger partial charge in [-0.05, 0) is 58.8 Å². The summed E-state index contributed by atoms with van der Waals surface area (Å²) in [5.74, 6) is 0. The van der Waals surface area contributed by atoms with Crippen LogP contribution >= 0.6 is 54.8 Å². The Morgan fingerprint density at radius 3 is 2.58 bits per heavy atom. The molecule has 2 aromatic rings. The van der Waals surface area contributed by atoms with E-state index in [0.717, 1.165) is 14.0 Å². The molecule has 0 aliphatic carbocycles. The van der Waals surface area contributed by atoms with Crippen molar-refractivity contribution in [3.63, 3.8) is 0 Å². The Bertz CT molecular complexity index is 560. The van der Waals surface area contributed by atoms with E-state index in [1.54, 1.807) is 17.5 Å². The number of nitrogens with one attached hydrogen (secondary N) is 1. The Labute approximate surface area is 138 Å². The molecule has 0 aliphatic rings. The summed E-state index contributed by atoms with van der Waals surface area (Å²) < 4.78 is 4.10. The van der Waals surface area contributed by atoms with Crippen LogP contribution in [0.25, 0.3) is 0 Å². The predicted molar refractivity (Wildman–Crippen MR) is 88.2 cm³/mol. The molecule has 1 atom stereocenters. The highest BCUT2D eigenvalue weighted by Crippen LogP contribution is 2.39. The molecule has 0 spiro atoms. The fourth-order valence-electron chi connectivity index (χ4n) is 1.95. The molecular weight excluding hydrogens is 413 g/mol. The highest BCUT2D eigenvalue weighted by Gasteiger charge is 2.24. The normalized spacial score (nSPS) is 13.2. The summed E-state index contributed by atoms with van der Waals surface area (Å²) in [5.41, 5.74) is 1.00. The molecule has 0 saturated heterocycles. The zero-order valence-corrected chi connectivity index (χ0v) is 15.5. The van der Waals surface area contributed by atoms with Gasteiger partial charge >= 0.3 is 0 Å². The van der Waals surface area contributed by atoms with Gasteiger partial charge in [0.05, 0.1) is 26.7 Å². The first-order valence-corrected chi connectivity index (χ1v) is 8.58. The van der Waals surface area contributed by atoms with Gasteiger partial charge in [-0.2, -0.15) is 5.10 Å². The number of rotatable bonds is 4. The van der Waals surface area contributed by atoms with Gasteiger partial charge in [-0.1, -0.05) is 11.6 Å². The second-order valence-electron chi connectivity index (χ2n) is 4.41. The summed E-state index contributed by atoms with van der Waals surface area (Å²) in [5, 5.41) is 8.37. The van der Waals surface area contributed by atoms with Crippen molar-refractivity contribution < 1.29 is 0 Å². The second-order valence-corrected chi connectivity index (χ2v) is 8.07. The number of aromatic nitrogens is 2. The third-order valence-electron chi connectivity index (χ3n) is 2.79. The van der Waals surface area contributed by atoms with Crippen molar-refractivity contribution in [2.75, 3.05) is 7.05 Å². The molecule has 0 bridgehead atoms. The maximum Gasteiger partial charge on any atom is 0.0855 e. The zero-order valence-electron chi connectivity index (χ0n) is 10.7. The van der Waals surface area contributed by atoms with Crippen molar-refractivity contribution in [3.05, 3.63) is 36.1 Å². The Kier molecular flexibility index (Phi) is 5.11. The number of halogens is 3. The summed E-state index contributed by atoms with van der Waals surface area (Å²) in [6.07, 6.45) is 1.71. The molecule has 0 amide bonds. The van der Waals surface area contributed by atoms with Crippen LogP contribution in [0.15, 0.2) is 20.5 Å². The first-order valence-electron chi connectivity index (χ1n) is 5.80. The van der Waals surface area contributed by atoms with E-state index >= 15 is 0 Å². The van der Waals surface area contributed by atoms with E-state index < -0.39 is 0 Å². The molecule has 0 aromatic carbocycles. The van der Waals surface area contributed by atoms with E-state index in [9.17, 15) is 0 Å². The third kappa shape index (κ3) is 3.08. The van der Waals surface area contributed by atoms with Crippen LogP contribution in [-0.4, -0.2) is 16.8 Å². The first-order chi connectivity index (χ1) is 8.95. The lowest BCUT2D eigenvalue weighted by Gasteiger charge is -2.19. The van der Waals surface area contributed by atoms with Gasteiger partial charge in [0.2, 0.25) is 0 Å². The number of thiophene rings is 1. The Morgan fingerprint density at radius 1 is 1.42 bits per heavy atom. The molecule has 1 N–H and O–H groups in total. The molecule has 19 heavy (non-hydrogen) atoms. The van der Waals surface area contributed by atoms with E-state index in [4.69, 9.17) is 11.6 Å². The summed E-state index contributed by atoms with van der Waals surface area (Å²) >= 11 is 15.1. The lowest BCUT2D eigenvalue weighted by Crippen LogP contribution is -2.22. The zero-order chi connectivity index (χ0) is 14.2. The van der Waals surface area contributed by atoms with Crippen molar-refractivity contribution in [1.29, 1.82) is 0 Å². The van der Waals surface area contributed by atoms with Gasteiger partial charge in [0.1, 0.15) is 0 Å². The third-order valence-corrected chi connectivity index (χ3v) is 6.40. The maximum absolute atomic E-state index is 6.32. The van der Waals surface area contributed by atoms with Gasteiger partial charge in [-0.15, -0.1) is 11.3 Å². The van der Waals surface area contributed by atoms with Crippen LogP contribution in [0.4, 0.5) is 0 Å². The topological polar surface area (TPSA) is 29.9 Å². The fraction of sp³-hybridized carbons (Fsp3) is 0.417. The molecule has 2 aromatic heterocycles. The molecule has 0 radical (unpaired) electrons. The van der Waals surface area contributed by atoms with Crippen molar-refractivity contribution >= 4 is 54.8 Å². The van der Waals surface area contributed by atoms with Gasteiger partial charge in [0, 0.05) is 15.4 Å². The van der Waals surface area contributed by atoms with Crippen molar-refractivity contribution in [2.24, 2.45) is 0 Å². The van der Waals surface area contributed by atoms with E-state index in [2.05, 4.69) is 62.2 Å². The van der Waals surface area contributed by atoms with Crippen LogP contribution in [0.1, 0.15) is 36.5 Å². The molecule has 104 valence electrons. The van der Waals surface area contributed by atoms with E-state index in [1.165, 1.54) is 4.88 Å². The monoisotopic (exact) mass is 425 g/mol. The Morgan fingerprint density at radius 2 is 2.11 bits per heavy atom. The molecule has 3 nitrogen and oxygen atoms in total. The van der Waals surface area contributed by atoms with E-state index in [1.807, 2.05) is 11.7 Å². The van der Waals surface area contributed by atoms with Crippen LogP contribution in [0.2, 0.25) is 5.02 Å². The van der Waals surface area contributed by atoms with E-state index in [0.29, 0.717) is 5.02 Å². The summed E-state index contributed by atoms with van der Waals surface area (Å²) in [6, 6.07) is 2.40. The molecule has 0 saturated carbocycles. The number of hydrogen-bond donors (Lipinski definition) is 1. The molecule has 7 heteroatoms. The van der Waals surface area contributed by atoms with Crippen molar-refractivity contribution in [1.82, 2.24) is 15.1 Å². The minimum atomic E-state index is 0.0324. The van der Waals surface area contributed by atoms with Crippen LogP contribution in [-0.2, 0) is 0 Å². The predicted octanol–water partition coefficient (Wildman–Crippen LogP) is 5.01. The molecule has 0 aliphatic heterocycles. The van der Waals surface area contributed by atoms with Crippen molar-refractivity contribution in [3.8, 4) is 0 Å². The van der Waals surface area contributed by atoms with Crippen LogP contribution in [0.5, 0.6) is 0 Å². The van der Waals surface area contributed by atoms with Crippen LogP contribution in [0.3, 0.4) is 0 Å². The summed E-state index contributed by atoms with van der Waals surface area (Å²) in [6.45, 7) is 4.19. The van der Waals surface area contributed by atoms with Crippen molar-refractivity contribution in [2.45, 2.75) is 25.9 Å². The quantitative estimate of drug-likeness (QED) is 0.743. The summed E-state index contributed by atoms with van der Waals surface area (Å²) in [7, 11) is 1.93. The maximum atomic E-state index is 6.32. The summed E-state index contributed by atoms with van der Waals surface area (Å²) in [4.78, 5) is 1.19. The van der Waals surface area contributed by atoms with Crippen LogP contribution < -0.4 is 5.32 Å².